The average molecular weight is 476 g/mol. The van der Waals surface area contributed by atoms with Gasteiger partial charge in [0.1, 0.15) is 12.4 Å². The number of amides is 1. The van der Waals surface area contributed by atoms with Crippen LogP contribution in [0.1, 0.15) is 11.3 Å². The molecule has 0 saturated heterocycles. The number of nitrogens with one attached hydrogen (secondary N) is 2. The number of hydrogen-bond acceptors (Lipinski definition) is 3. The summed E-state index contributed by atoms with van der Waals surface area (Å²) in [6, 6.07) is 19.7. The maximum absolute atomic E-state index is 13.3. The molecule has 0 radical (unpaired) electrons. The predicted molar refractivity (Wildman–Crippen MR) is 129 cm³/mol. The maximum atomic E-state index is 13.3. The summed E-state index contributed by atoms with van der Waals surface area (Å²) in [6.45, 7) is 2.32. The van der Waals surface area contributed by atoms with Crippen LogP contribution < -0.4 is 5.32 Å². The lowest BCUT2D eigenvalue weighted by atomic mass is 10.1. The number of H-pyrrole nitrogens is 1. The van der Waals surface area contributed by atoms with Gasteiger partial charge in [-0.25, -0.2) is 12.8 Å². The van der Waals surface area contributed by atoms with Gasteiger partial charge in [-0.05, 0) is 66.4 Å². The summed E-state index contributed by atoms with van der Waals surface area (Å²) in [5.41, 5.74) is 3.71. The normalized spacial score (nSPS) is 11.8. The zero-order valence-electron chi connectivity index (χ0n) is 18.4. The van der Waals surface area contributed by atoms with E-state index in [2.05, 4.69) is 16.4 Å². The summed E-state index contributed by atoms with van der Waals surface area (Å²) in [7, 11) is -3.89. The summed E-state index contributed by atoms with van der Waals surface area (Å²) in [5.74, 6) is -0.749. The molecule has 34 heavy (non-hydrogen) atoms. The second-order valence-electron chi connectivity index (χ2n) is 8.25. The van der Waals surface area contributed by atoms with Crippen LogP contribution >= 0.6 is 0 Å². The van der Waals surface area contributed by atoms with E-state index in [0.717, 1.165) is 34.3 Å². The zero-order chi connectivity index (χ0) is 23.9. The van der Waals surface area contributed by atoms with E-state index >= 15 is 0 Å². The lowest BCUT2D eigenvalue weighted by molar-refractivity contribution is -0.121. The Morgan fingerprint density at radius 3 is 2.59 bits per heavy atom. The van der Waals surface area contributed by atoms with Crippen LogP contribution in [0.5, 0.6) is 0 Å². The standard InChI is InChI=1S/C26H22FN3O3S/c1-17-12-19-13-18(6-11-23(19)29-17)14-28-26(31)16-30-15-25(22-4-2-3-5-24(22)30)34(32,33)21-9-7-20(27)8-10-21/h2-13,15,29H,14,16H2,1H3,(H,28,31). The molecule has 8 heteroatoms. The van der Waals surface area contributed by atoms with Crippen molar-refractivity contribution in [3.8, 4) is 0 Å². The highest BCUT2D eigenvalue weighted by Crippen LogP contribution is 2.30. The van der Waals surface area contributed by atoms with Gasteiger partial charge in [-0.15, -0.1) is 0 Å². The fourth-order valence-corrected chi connectivity index (χ4v) is 5.62. The molecule has 3 aromatic carbocycles. The van der Waals surface area contributed by atoms with E-state index in [9.17, 15) is 17.6 Å². The van der Waals surface area contributed by atoms with Crippen LogP contribution in [0.25, 0.3) is 21.8 Å². The van der Waals surface area contributed by atoms with E-state index in [1.165, 1.54) is 18.3 Å². The van der Waals surface area contributed by atoms with Crippen LogP contribution in [-0.4, -0.2) is 23.9 Å². The van der Waals surface area contributed by atoms with Crippen LogP contribution in [0.4, 0.5) is 4.39 Å². The molecule has 0 aliphatic heterocycles. The Bertz CT molecular complexity index is 1630. The predicted octanol–water partition coefficient (Wildman–Crippen LogP) is 4.72. The third-order valence-electron chi connectivity index (χ3n) is 5.79. The summed E-state index contributed by atoms with van der Waals surface area (Å²) < 4.78 is 41.4. The van der Waals surface area contributed by atoms with Gasteiger partial charge in [0.05, 0.1) is 9.79 Å². The zero-order valence-corrected chi connectivity index (χ0v) is 19.2. The van der Waals surface area contributed by atoms with E-state index in [4.69, 9.17) is 0 Å². The fraction of sp³-hybridized carbons (Fsp3) is 0.115. The highest BCUT2D eigenvalue weighted by atomic mass is 32.2. The minimum atomic E-state index is -3.89. The number of nitrogens with zero attached hydrogens (tertiary/aromatic N) is 1. The molecule has 0 aliphatic carbocycles. The molecular weight excluding hydrogens is 453 g/mol. The van der Waals surface area contributed by atoms with Crippen LogP contribution in [-0.2, 0) is 27.7 Å². The number of carbonyl (C=O) groups excluding carboxylic acids is 1. The first-order valence-electron chi connectivity index (χ1n) is 10.7. The number of aromatic nitrogens is 2. The summed E-state index contributed by atoms with van der Waals surface area (Å²) in [5, 5.41) is 4.50. The van der Waals surface area contributed by atoms with Crippen molar-refractivity contribution < 1.29 is 17.6 Å². The van der Waals surface area contributed by atoms with Gasteiger partial charge in [-0.2, -0.15) is 0 Å². The smallest absolute Gasteiger partial charge is 0.240 e. The van der Waals surface area contributed by atoms with Gasteiger partial charge in [-0.3, -0.25) is 4.79 Å². The minimum absolute atomic E-state index is 0.00311. The van der Waals surface area contributed by atoms with Crippen molar-refractivity contribution in [2.24, 2.45) is 0 Å². The number of fused-ring (bicyclic) bond motifs is 2. The Labute approximate surface area is 195 Å². The number of sulfone groups is 1. The number of benzene rings is 3. The first-order chi connectivity index (χ1) is 16.3. The number of carbonyl (C=O) groups is 1. The number of halogens is 1. The third-order valence-corrected chi connectivity index (χ3v) is 7.59. The molecule has 0 aliphatic rings. The average Bonchev–Trinajstić information content (AvgIpc) is 3.38. The first-order valence-corrected chi connectivity index (χ1v) is 12.2. The van der Waals surface area contributed by atoms with E-state index < -0.39 is 15.7 Å². The highest BCUT2D eigenvalue weighted by Gasteiger charge is 2.24. The lowest BCUT2D eigenvalue weighted by Crippen LogP contribution is -2.26. The molecule has 2 N–H and O–H groups in total. The van der Waals surface area contributed by atoms with Gasteiger partial charge in [0, 0.05) is 34.9 Å². The quantitative estimate of drug-likeness (QED) is 0.349. The SMILES string of the molecule is Cc1cc2cc(CNC(=O)Cn3cc(S(=O)(=O)c4ccc(F)cc4)c4ccccc43)ccc2[nH]1. The van der Waals surface area contributed by atoms with E-state index in [-0.39, 0.29) is 22.2 Å². The van der Waals surface area contributed by atoms with Gasteiger partial charge < -0.3 is 14.9 Å². The molecule has 6 nitrogen and oxygen atoms in total. The molecule has 172 valence electrons. The molecule has 2 aromatic heterocycles. The Morgan fingerprint density at radius 1 is 1.03 bits per heavy atom. The van der Waals surface area contributed by atoms with Gasteiger partial charge >= 0.3 is 0 Å². The Balaban J connectivity index is 1.39. The molecule has 0 bridgehead atoms. The Morgan fingerprint density at radius 2 is 1.79 bits per heavy atom. The molecule has 1 amide bonds. The van der Waals surface area contributed by atoms with Crippen molar-refractivity contribution in [2.75, 3.05) is 0 Å². The Kier molecular flexibility index (Phi) is 5.45. The van der Waals surface area contributed by atoms with Gasteiger partial charge in [0.2, 0.25) is 15.7 Å². The molecular formula is C26H22FN3O3S. The number of rotatable bonds is 6. The number of para-hydroxylation sites is 1. The second kappa shape index (κ2) is 8.46. The maximum Gasteiger partial charge on any atom is 0.240 e. The number of hydrogen-bond donors (Lipinski definition) is 2. The van der Waals surface area contributed by atoms with Crippen molar-refractivity contribution >= 4 is 37.6 Å². The monoisotopic (exact) mass is 475 g/mol. The van der Waals surface area contributed by atoms with Crippen LogP contribution in [0.2, 0.25) is 0 Å². The molecule has 0 unspecified atom stereocenters. The minimum Gasteiger partial charge on any atom is -0.359 e. The molecule has 5 rings (SSSR count). The van der Waals surface area contributed by atoms with Crippen LogP contribution in [0, 0.1) is 12.7 Å². The summed E-state index contributed by atoms with van der Waals surface area (Å²) in [6.07, 6.45) is 1.47. The number of aromatic amines is 1. The summed E-state index contributed by atoms with van der Waals surface area (Å²) in [4.78, 5) is 16.1. The molecule has 2 heterocycles. The topological polar surface area (TPSA) is 84.0 Å². The van der Waals surface area contributed by atoms with Crippen molar-refractivity contribution in [2.45, 2.75) is 29.8 Å². The van der Waals surface area contributed by atoms with Gasteiger partial charge in [0.15, 0.2) is 0 Å². The molecule has 0 fully saturated rings. The highest BCUT2D eigenvalue weighted by molar-refractivity contribution is 7.91. The van der Waals surface area contributed by atoms with E-state index in [1.807, 2.05) is 25.1 Å². The molecule has 0 spiro atoms. The van der Waals surface area contributed by atoms with Crippen LogP contribution in [0.15, 0.2) is 88.8 Å². The van der Waals surface area contributed by atoms with Gasteiger partial charge in [0.25, 0.3) is 0 Å². The molecule has 5 aromatic rings. The molecule has 0 atom stereocenters. The van der Waals surface area contributed by atoms with Crippen molar-refractivity contribution in [1.82, 2.24) is 14.9 Å². The lowest BCUT2D eigenvalue weighted by Gasteiger charge is -2.08. The fourth-order valence-electron chi connectivity index (χ4n) is 4.15. The largest absolute Gasteiger partial charge is 0.359 e. The molecule has 0 saturated carbocycles. The number of aryl methyl sites for hydroxylation is 1. The van der Waals surface area contributed by atoms with Crippen molar-refractivity contribution in [3.05, 3.63) is 96.1 Å². The first kappa shape index (κ1) is 21.9. The second-order valence-corrected chi connectivity index (χ2v) is 10.2. The van der Waals surface area contributed by atoms with Crippen molar-refractivity contribution in [1.29, 1.82) is 0 Å². The van der Waals surface area contributed by atoms with Crippen molar-refractivity contribution in [3.63, 3.8) is 0 Å². The van der Waals surface area contributed by atoms with Crippen LogP contribution in [0.3, 0.4) is 0 Å². The van der Waals surface area contributed by atoms with E-state index in [1.54, 1.807) is 28.8 Å². The summed E-state index contributed by atoms with van der Waals surface area (Å²) >= 11 is 0. The Hall–Kier alpha value is -3.91. The third kappa shape index (κ3) is 4.08. The van der Waals surface area contributed by atoms with E-state index in [0.29, 0.717) is 17.4 Å². The van der Waals surface area contributed by atoms with Gasteiger partial charge in [-0.1, -0.05) is 24.3 Å².